The highest BCUT2D eigenvalue weighted by atomic mass is 35.5. The fourth-order valence-corrected chi connectivity index (χ4v) is 3.00. The summed E-state index contributed by atoms with van der Waals surface area (Å²) in [6, 6.07) is 18.5. The first-order chi connectivity index (χ1) is 13.4. The first-order valence-electron chi connectivity index (χ1n) is 8.80. The Kier molecular flexibility index (Phi) is 6.06. The molecule has 0 aliphatic heterocycles. The number of halogens is 1. The Labute approximate surface area is 168 Å². The molecule has 0 bridgehead atoms. The second-order valence-electron chi connectivity index (χ2n) is 6.53. The summed E-state index contributed by atoms with van der Waals surface area (Å²) < 4.78 is 0. The predicted molar refractivity (Wildman–Crippen MR) is 114 cm³/mol. The van der Waals surface area contributed by atoms with Gasteiger partial charge in [-0.15, -0.1) is 0 Å². The van der Waals surface area contributed by atoms with Gasteiger partial charge in [0.1, 0.15) is 0 Å². The third-order valence-corrected chi connectivity index (χ3v) is 4.47. The molecule has 0 saturated carbocycles. The molecule has 0 heterocycles. The maximum Gasteiger partial charge on any atom is 0.271 e. The molecule has 3 aromatic carbocycles. The summed E-state index contributed by atoms with van der Waals surface area (Å²) in [7, 11) is 0. The molecule has 142 valence electrons. The van der Waals surface area contributed by atoms with Crippen LogP contribution in [0.5, 0.6) is 0 Å². The average Bonchev–Trinajstić information content (AvgIpc) is 2.68. The van der Waals surface area contributed by atoms with Crippen molar-refractivity contribution in [2.24, 2.45) is 5.10 Å². The van der Waals surface area contributed by atoms with Crippen LogP contribution >= 0.6 is 11.6 Å². The zero-order valence-corrected chi connectivity index (χ0v) is 16.4. The van der Waals surface area contributed by atoms with E-state index < -0.39 is 0 Å². The lowest BCUT2D eigenvalue weighted by molar-refractivity contribution is -0.115. The number of hydrogen-bond acceptors (Lipinski definition) is 3. The summed E-state index contributed by atoms with van der Waals surface area (Å²) in [5.41, 5.74) is 5.08. The molecule has 0 saturated heterocycles. The van der Waals surface area contributed by atoms with Gasteiger partial charge in [0.15, 0.2) is 0 Å². The first kappa shape index (κ1) is 19.6. The van der Waals surface area contributed by atoms with Gasteiger partial charge < -0.3 is 5.32 Å². The summed E-state index contributed by atoms with van der Waals surface area (Å²) in [6.07, 6.45) is 0.0695. The molecule has 3 rings (SSSR count). The van der Waals surface area contributed by atoms with Crippen molar-refractivity contribution in [3.63, 3.8) is 0 Å². The van der Waals surface area contributed by atoms with Gasteiger partial charge in [0.05, 0.1) is 6.42 Å². The van der Waals surface area contributed by atoms with Gasteiger partial charge in [0, 0.05) is 22.0 Å². The minimum absolute atomic E-state index is 0.0695. The SMILES string of the molecule is C/C(CC(=O)Nc1ccc(Cl)cc1C)=N/NC(=O)c1ccc2ccccc2c1. The smallest absolute Gasteiger partial charge is 0.271 e. The van der Waals surface area contributed by atoms with E-state index in [1.54, 1.807) is 31.2 Å². The molecule has 0 fully saturated rings. The molecule has 0 aromatic heterocycles. The van der Waals surface area contributed by atoms with E-state index >= 15 is 0 Å². The lowest BCUT2D eigenvalue weighted by Gasteiger charge is -2.09. The van der Waals surface area contributed by atoms with E-state index in [0.29, 0.717) is 22.0 Å². The normalized spacial score (nSPS) is 11.3. The van der Waals surface area contributed by atoms with Crippen LogP contribution in [0.1, 0.15) is 29.3 Å². The molecule has 3 aromatic rings. The van der Waals surface area contributed by atoms with E-state index in [4.69, 9.17) is 11.6 Å². The van der Waals surface area contributed by atoms with E-state index in [1.807, 2.05) is 43.3 Å². The van der Waals surface area contributed by atoms with Crippen molar-refractivity contribution >= 4 is 45.6 Å². The number of hydrazone groups is 1. The van der Waals surface area contributed by atoms with Crippen LogP contribution in [0.15, 0.2) is 65.8 Å². The largest absolute Gasteiger partial charge is 0.326 e. The number of nitrogens with one attached hydrogen (secondary N) is 2. The van der Waals surface area contributed by atoms with Crippen molar-refractivity contribution < 1.29 is 9.59 Å². The quantitative estimate of drug-likeness (QED) is 0.476. The monoisotopic (exact) mass is 393 g/mol. The lowest BCUT2D eigenvalue weighted by atomic mass is 10.1. The van der Waals surface area contributed by atoms with Gasteiger partial charge in [-0.05, 0) is 60.5 Å². The highest BCUT2D eigenvalue weighted by Crippen LogP contribution is 2.19. The number of benzene rings is 3. The number of carbonyl (C=O) groups is 2. The maximum atomic E-state index is 12.3. The van der Waals surface area contributed by atoms with Gasteiger partial charge in [0.2, 0.25) is 5.91 Å². The summed E-state index contributed by atoms with van der Waals surface area (Å²) in [5.74, 6) is -0.536. The summed E-state index contributed by atoms with van der Waals surface area (Å²) in [5, 5.41) is 9.51. The molecule has 0 unspecified atom stereocenters. The Hall–Kier alpha value is -3.18. The van der Waals surface area contributed by atoms with Gasteiger partial charge in [-0.2, -0.15) is 5.10 Å². The van der Waals surface area contributed by atoms with Crippen molar-refractivity contribution in [1.82, 2.24) is 5.43 Å². The molecule has 0 radical (unpaired) electrons. The van der Waals surface area contributed by atoms with Crippen molar-refractivity contribution in [2.45, 2.75) is 20.3 Å². The number of aryl methyl sites for hydroxylation is 1. The van der Waals surface area contributed by atoms with Gasteiger partial charge in [-0.25, -0.2) is 5.43 Å². The third kappa shape index (κ3) is 4.96. The second-order valence-corrected chi connectivity index (χ2v) is 6.97. The van der Waals surface area contributed by atoms with E-state index in [2.05, 4.69) is 15.8 Å². The van der Waals surface area contributed by atoms with Crippen LogP contribution < -0.4 is 10.7 Å². The van der Waals surface area contributed by atoms with Crippen molar-refractivity contribution in [1.29, 1.82) is 0 Å². The Morgan fingerprint density at radius 3 is 2.50 bits per heavy atom. The molecular formula is C22H20ClN3O2. The molecule has 2 N–H and O–H groups in total. The molecule has 0 spiro atoms. The number of anilines is 1. The summed E-state index contributed by atoms with van der Waals surface area (Å²) in [6.45, 7) is 3.56. The van der Waals surface area contributed by atoms with E-state index in [0.717, 1.165) is 16.3 Å². The Morgan fingerprint density at radius 2 is 1.75 bits per heavy atom. The topological polar surface area (TPSA) is 70.6 Å². The Morgan fingerprint density at radius 1 is 1.00 bits per heavy atom. The fourth-order valence-electron chi connectivity index (χ4n) is 2.77. The number of rotatable bonds is 5. The van der Waals surface area contributed by atoms with Crippen LogP contribution in [0.4, 0.5) is 5.69 Å². The highest BCUT2D eigenvalue weighted by Gasteiger charge is 2.09. The first-order valence-corrected chi connectivity index (χ1v) is 9.18. The third-order valence-electron chi connectivity index (χ3n) is 4.24. The van der Waals surface area contributed by atoms with Crippen LogP contribution in [0.2, 0.25) is 5.02 Å². The number of fused-ring (bicyclic) bond motifs is 1. The van der Waals surface area contributed by atoms with Gasteiger partial charge >= 0.3 is 0 Å². The molecule has 0 aliphatic carbocycles. The van der Waals surface area contributed by atoms with Crippen LogP contribution in [0.25, 0.3) is 10.8 Å². The van der Waals surface area contributed by atoms with Gasteiger partial charge in [-0.1, -0.05) is 41.9 Å². The fraction of sp³-hybridized carbons (Fsp3) is 0.136. The number of amides is 2. The zero-order valence-electron chi connectivity index (χ0n) is 15.6. The summed E-state index contributed by atoms with van der Waals surface area (Å²) >= 11 is 5.92. The van der Waals surface area contributed by atoms with Gasteiger partial charge in [-0.3, -0.25) is 9.59 Å². The molecule has 2 amide bonds. The highest BCUT2D eigenvalue weighted by molar-refractivity contribution is 6.30. The number of hydrogen-bond donors (Lipinski definition) is 2. The molecular weight excluding hydrogens is 374 g/mol. The van der Waals surface area contributed by atoms with E-state index in [1.165, 1.54) is 0 Å². The molecule has 5 nitrogen and oxygen atoms in total. The lowest BCUT2D eigenvalue weighted by Crippen LogP contribution is -2.21. The number of nitrogens with zero attached hydrogens (tertiary/aromatic N) is 1. The van der Waals surface area contributed by atoms with Crippen LogP contribution in [0.3, 0.4) is 0 Å². The maximum absolute atomic E-state index is 12.3. The molecule has 0 atom stereocenters. The van der Waals surface area contributed by atoms with Gasteiger partial charge in [0.25, 0.3) is 5.91 Å². The molecule has 6 heteroatoms. The average molecular weight is 394 g/mol. The Bertz CT molecular complexity index is 1080. The van der Waals surface area contributed by atoms with Crippen molar-refractivity contribution in [2.75, 3.05) is 5.32 Å². The predicted octanol–water partition coefficient (Wildman–Crippen LogP) is 4.94. The van der Waals surface area contributed by atoms with Crippen molar-refractivity contribution in [3.05, 3.63) is 76.8 Å². The Balaban J connectivity index is 1.59. The number of carbonyl (C=O) groups excluding carboxylic acids is 2. The minimum atomic E-state index is -0.320. The van der Waals surface area contributed by atoms with E-state index in [9.17, 15) is 9.59 Å². The van der Waals surface area contributed by atoms with Crippen molar-refractivity contribution in [3.8, 4) is 0 Å². The second kappa shape index (κ2) is 8.67. The van der Waals surface area contributed by atoms with Crippen LogP contribution in [-0.2, 0) is 4.79 Å². The van der Waals surface area contributed by atoms with Crippen LogP contribution in [0, 0.1) is 6.92 Å². The van der Waals surface area contributed by atoms with Crippen LogP contribution in [-0.4, -0.2) is 17.5 Å². The zero-order chi connectivity index (χ0) is 20.1. The standard InChI is InChI=1S/C22H20ClN3O2/c1-14-11-19(23)9-10-20(14)24-21(27)12-15(2)25-26-22(28)18-8-7-16-5-3-4-6-17(16)13-18/h3-11,13H,12H2,1-2H3,(H,24,27)(H,26,28)/b25-15-. The van der Waals surface area contributed by atoms with E-state index in [-0.39, 0.29) is 18.2 Å². The molecule has 0 aliphatic rings. The summed E-state index contributed by atoms with van der Waals surface area (Å²) in [4.78, 5) is 24.5. The minimum Gasteiger partial charge on any atom is -0.326 e. The molecule has 28 heavy (non-hydrogen) atoms.